The van der Waals surface area contributed by atoms with Crippen LogP contribution in [0.3, 0.4) is 0 Å². The number of nitro benzene ring substituents is 1. The SMILES string of the molecule is O=[N+]([O-])c1ccc(OCc2cc(F)cc(Br)c2)c(Cl)c1. The molecule has 0 aliphatic heterocycles. The van der Waals surface area contributed by atoms with E-state index in [9.17, 15) is 14.5 Å². The molecule has 4 nitrogen and oxygen atoms in total. The highest BCUT2D eigenvalue weighted by Gasteiger charge is 2.10. The highest BCUT2D eigenvalue weighted by atomic mass is 79.9. The van der Waals surface area contributed by atoms with Gasteiger partial charge in [-0.25, -0.2) is 4.39 Å². The van der Waals surface area contributed by atoms with Crippen LogP contribution in [0.5, 0.6) is 5.75 Å². The predicted molar refractivity (Wildman–Crippen MR) is 76.5 cm³/mol. The van der Waals surface area contributed by atoms with Crippen LogP contribution in [0.4, 0.5) is 10.1 Å². The van der Waals surface area contributed by atoms with Gasteiger partial charge >= 0.3 is 0 Å². The van der Waals surface area contributed by atoms with Gasteiger partial charge in [0.1, 0.15) is 18.2 Å². The Morgan fingerprint density at radius 3 is 2.65 bits per heavy atom. The van der Waals surface area contributed by atoms with Crippen LogP contribution in [-0.2, 0) is 6.61 Å². The van der Waals surface area contributed by atoms with Crippen molar-refractivity contribution in [1.82, 2.24) is 0 Å². The number of rotatable bonds is 4. The molecule has 0 aromatic heterocycles. The predicted octanol–water partition coefficient (Wildman–Crippen LogP) is 4.73. The second-order valence-corrected chi connectivity index (χ2v) is 5.26. The second kappa shape index (κ2) is 6.19. The fourth-order valence-electron chi connectivity index (χ4n) is 1.58. The van der Waals surface area contributed by atoms with Crippen LogP contribution in [0.2, 0.25) is 5.02 Å². The lowest BCUT2D eigenvalue weighted by Crippen LogP contribution is -1.97. The Kier molecular flexibility index (Phi) is 4.57. The van der Waals surface area contributed by atoms with Gasteiger partial charge in [-0.1, -0.05) is 27.5 Å². The first-order valence-corrected chi connectivity index (χ1v) is 6.64. The number of non-ortho nitro benzene ring substituents is 1. The van der Waals surface area contributed by atoms with Crippen LogP contribution in [0.25, 0.3) is 0 Å². The first-order valence-electron chi connectivity index (χ1n) is 5.47. The molecule has 0 spiro atoms. The van der Waals surface area contributed by atoms with E-state index in [4.69, 9.17) is 16.3 Å². The largest absolute Gasteiger partial charge is 0.487 e. The lowest BCUT2D eigenvalue weighted by Gasteiger charge is -2.08. The average molecular weight is 361 g/mol. The first kappa shape index (κ1) is 14.7. The highest BCUT2D eigenvalue weighted by Crippen LogP contribution is 2.29. The Morgan fingerprint density at radius 2 is 2.05 bits per heavy atom. The number of benzene rings is 2. The summed E-state index contributed by atoms with van der Waals surface area (Å²) in [5.41, 5.74) is 0.502. The molecule has 0 unspecified atom stereocenters. The highest BCUT2D eigenvalue weighted by molar-refractivity contribution is 9.10. The van der Waals surface area contributed by atoms with Crippen molar-refractivity contribution >= 4 is 33.2 Å². The normalized spacial score (nSPS) is 10.3. The third-order valence-electron chi connectivity index (χ3n) is 2.44. The Hall–Kier alpha value is -1.66. The van der Waals surface area contributed by atoms with E-state index in [0.717, 1.165) is 0 Å². The molecule has 2 aromatic carbocycles. The fourth-order valence-corrected chi connectivity index (χ4v) is 2.32. The van der Waals surface area contributed by atoms with Crippen LogP contribution in [0, 0.1) is 15.9 Å². The molecule has 0 N–H and O–H groups in total. The van der Waals surface area contributed by atoms with Crippen molar-refractivity contribution in [2.75, 3.05) is 0 Å². The summed E-state index contributed by atoms with van der Waals surface area (Å²) in [4.78, 5) is 10.0. The van der Waals surface area contributed by atoms with Gasteiger partial charge < -0.3 is 4.74 Å². The number of nitro groups is 1. The summed E-state index contributed by atoms with van der Waals surface area (Å²) in [5.74, 6) is -0.0783. The van der Waals surface area contributed by atoms with Gasteiger partial charge in [0.05, 0.1) is 9.95 Å². The minimum absolute atomic E-state index is 0.105. The van der Waals surface area contributed by atoms with Crippen molar-refractivity contribution in [3.05, 3.63) is 67.4 Å². The van der Waals surface area contributed by atoms with E-state index < -0.39 is 4.92 Å². The van der Waals surface area contributed by atoms with Gasteiger partial charge in [0, 0.05) is 16.6 Å². The summed E-state index contributed by atoms with van der Waals surface area (Å²) in [6, 6.07) is 8.30. The van der Waals surface area contributed by atoms with Crippen molar-refractivity contribution in [3.8, 4) is 5.75 Å². The maximum Gasteiger partial charge on any atom is 0.271 e. The Morgan fingerprint density at radius 1 is 1.30 bits per heavy atom. The van der Waals surface area contributed by atoms with Crippen molar-refractivity contribution < 1.29 is 14.1 Å². The van der Waals surface area contributed by atoms with Crippen LogP contribution in [0.15, 0.2) is 40.9 Å². The Labute approximate surface area is 127 Å². The number of halogens is 3. The second-order valence-electron chi connectivity index (χ2n) is 3.94. The smallest absolute Gasteiger partial charge is 0.271 e. The van der Waals surface area contributed by atoms with Crippen LogP contribution >= 0.6 is 27.5 Å². The fraction of sp³-hybridized carbons (Fsp3) is 0.0769. The van der Waals surface area contributed by atoms with Crippen molar-refractivity contribution in [1.29, 1.82) is 0 Å². The molecule has 104 valence electrons. The molecule has 0 saturated carbocycles. The maximum absolute atomic E-state index is 13.2. The summed E-state index contributed by atoms with van der Waals surface area (Å²) >= 11 is 9.07. The maximum atomic E-state index is 13.2. The summed E-state index contributed by atoms with van der Waals surface area (Å²) in [7, 11) is 0. The number of hydrogen-bond donors (Lipinski definition) is 0. The van der Waals surface area contributed by atoms with Gasteiger partial charge in [0.15, 0.2) is 0 Å². The third-order valence-corrected chi connectivity index (χ3v) is 3.20. The number of ether oxygens (including phenoxy) is 1. The van der Waals surface area contributed by atoms with E-state index in [1.807, 2.05) is 0 Å². The van der Waals surface area contributed by atoms with E-state index in [0.29, 0.717) is 15.8 Å². The van der Waals surface area contributed by atoms with Crippen molar-refractivity contribution in [2.45, 2.75) is 6.61 Å². The molecule has 0 bridgehead atoms. The van der Waals surface area contributed by atoms with Crippen molar-refractivity contribution in [2.24, 2.45) is 0 Å². The van der Waals surface area contributed by atoms with Gasteiger partial charge in [-0.05, 0) is 29.8 Å². The van der Waals surface area contributed by atoms with Crippen LogP contribution in [0.1, 0.15) is 5.56 Å². The van der Waals surface area contributed by atoms with Gasteiger partial charge in [-0.3, -0.25) is 10.1 Å². The van der Waals surface area contributed by atoms with Crippen molar-refractivity contribution in [3.63, 3.8) is 0 Å². The number of nitrogens with zero attached hydrogens (tertiary/aromatic N) is 1. The molecule has 2 rings (SSSR count). The molecule has 0 heterocycles. The lowest BCUT2D eigenvalue weighted by molar-refractivity contribution is -0.384. The van der Waals surface area contributed by atoms with E-state index in [1.54, 1.807) is 6.07 Å². The monoisotopic (exact) mass is 359 g/mol. The molecule has 0 saturated heterocycles. The van der Waals surface area contributed by atoms with Crippen LogP contribution in [-0.4, -0.2) is 4.92 Å². The zero-order valence-corrected chi connectivity index (χ0v) is 12.3. The molecule has 0 aliphatic rings. The Balaban J connectivity index is 2.12. The minimum Gasteiger partial charge on any atom is -0.487 e. The topological polar surface area (TPSA) is 52.4 Å². The van der Waals surface area contributed by atoms with Gasteiger partial charge in [0.2, 0.25) is 0 Å². The summed E-state index contributed by atoms with van der Waals surface area (Å²) in [5, 5.41) is 10.7. The van der Waals surface area contributed by atoms with E-state index in [2.05, 4.69) is 15.9 Å². The molecule has 0 amide bonds. The molecular formula is C13H8BrClFNO3. The number of hydrogen-bond acceptors (Lipinski definition) is 3. The zero-order chi connectivity index (χ0) is 14.7. The molecule has 0 aliphatic carbocycles. The van der Waals surface area contributed by atoms with E-state index in [-0.39, 0.29) is 23.1 Å². The van der Waals surface area contributed by atoms with Gasteiger partial charge in [0.25, 0.3) is 5.69 Å². The molecule has 0 atom stereocenters. The molecule has 2 aromatic rings. The third kappa shape index (κ3) is 3.68. The Bertz CT molecular complexity index is 646. The molecular weight excluding hydrogens is 353 g/mol. The van der Waals surface area contributed by atoms with Crippen LogP contribution < -0.4 is 4.74 Å². The summed E-state index contributed by atoms with van der Waals surface area (Å²) in [6.45, 7) is 0.105. The van der Waals surface area contributed by atoms with E-state index >= 15 is 0 Å². The average Bonchev–Trinajstić information content (AvgIpc) is 2.36. The molecule has 0 fully saturated rings. The molecule has 20 heavy (non-hydrogen) atoms. The minimum atomic E-state index is -0.542. The molecule has 0 radical (unpaired) electrons. The quantitative estimate of drug-likeness (QED) is 0.585. The summed E-state index contributed by atoms with van der Waals surface area (Å²) in [6.07, 6.45) is 0. The zero-order valence-electron chi connectivity index (χ0n) is 9.98. The van der Waals surface area contributed by atoms with E-state index in [1.165, 1.54) is 30.3 Å². The molecule has 7 heteroatoms. The first-order chi connectivity index (χ1) is 9.45. The standard InChI is InChI=1S/C13H8BrClFNO3/c14-9-3-8(4-10(16)5-9)7-20-13-2-1-11(17(18)19)6-12(13)15/h1-6H,7H2. The summed E-state index contributed by atoms with van der Waals surface area (Å²) < 4.78 is 19.2. The lowest BCUT2D eigenvalue weighted by atomic mass is 10.2. The van der Waals surface area contributed by atoms with Gasteiger partial charge in [-0.15, -0.1) is 0 Å². The van der Waals surface area contributed by atoms with Gasteiger partial charge in [-0.2, -0.15) is 0 Å².